The average Bonchev–Trinajstić information content (AvgIpc) is 2.86. The molecule has 0 aromatic rings. The summed E-state index contributed by atoms with van der Waals surface area (Å²) in [6.07, 6.45) is 37.7. The van der Waals surface area contributed by atoms with Gasteiger partial charge in [0.1, 0.15) is 0 Å². The Bertz CT molecular complexity index is 430. The zero-order valence-electron chi connectivity index (χ0n) is 25.6. The van der Waals surface area contributed by atoms with Crippen LogP contribution in [0.2, 0.25) is 0 Å². The van der Waals surface area contributed by atoms with E-state index in [1.807, 2.05) is 0 Å². The van der Waals surface area contributed by atoms with Crippen molar-refractivity contribution in [1.82, 2.24) is 0 Å². The van der Waals surface area contributed by atoms with E-state index in [-0.39, 0.29) is 42.1 Å². The van der Waals surface area contributed by atoms with Gasteiger partial charge in [0.2, 0.25) is 0 Å². The predicted molar refractivity (Wildman–Crippen MR) is 155 cm³/mol. The molecular formula is C33H65NaO3. The van der Waals surface area contributed by atoms with Gasteiger partial charge in [0.25, 0.3) is 0 Å². The second-order valence-electron chi connectivity index (χ2n) is 11.5. The number of aliphatic carboxylic acids is 1. The fourth-order valence-corrected chi connectivity index (χ4v) is 5.31. The van der Waals surface area contributed by atoms with E-state index in [9.17, 15) is 15.0 Å². The van der Waals surface area contributed by atoms with Crippen LogP contribution in [0.25, 0.3) is 0 Å². The van der Waals surface area contributed by atoms with Crippen molar-refractivity contribution in [2.45, 2.75) is 206 Å². The van der Waals surface area contributed by atoms with Gasteiger partial charge in [-0.3, -0.25) is 0 Å². The molecule has 3 nitrogen and oxygen atoms in total. The van der Waals surface area contributed by atoms with Crippen LogP contribution in [0.1, 0.15) is 200 Å². The Hall–Kier alpha value is 0.430. The van der Waals surface area contributed by atoms with Gasteiger partial charge in [-0.15, -0.1) is 0 Å². The molecule has 0 aliphatic heterocycles. The van der Waals surface area contributed by atoms with Crippen LogP contribution in [0.5, 0.6) is 0 Å². The fourth-order valence-electron chi connectivity index (χ4n) is 5.31. The molecule has 1 N–H and O–H groups in total. The third kappa shape index (κ3) is 36.4. The zero-order chi connectivity index (χ0) is 26.4. The molecule has 216 valence electrons. The largest absolute Gasteiger partial charge is 1.00 e. The van der Waals surface area contributed by atoms with Gasteiger partial charge in [-0.1, -0.05) is 174 Å². The molecule has 0 aliphatic carbocycles. The van der Waals surface area contributed by atoms with Gasteiger partial charge in [0.05, 0.1) is 6.10 Å². The van der Waals surface area contributed by atoms with E-state index in [2.05, 4.69) is 6.92 Å². The summed E-state index contributed by atoms with van der Waals surface area (Å²) in [7, 11) is 0. The number of aliphatic hydroxyl groups excluding tert-OH is 1. The van der Waals surface area contributed by atoms with Gasteiger partial charge in [-0.25, -0.2) is 0 Å². The first-order valence-corrected chi connectivity index (χ1v) is 16.5. The Labute approximate surface area is 255 Å². The molecular weight excluding hydrogens is 467 g/mol. The fraction of sp³-hybridized carbons (Fsp3) is 0.970. The van der Waals surface area contributed by atoms with E-state index < -0.39 is 5.97 Å². The second kappa shape index (κ2) is 34.5. The summed E-state index contributed by atoms with van der Waals surface area (Å²) in [4.78, 5) is 10.3. The monoisotopic (exact) mass is 532 g/mol. The molecule has 0 rings (SSSR count). The first kappa shape index (κ1) is 39.6. The minimum absolute atomic E-state index is 0. The third-order valence-corrected chi connectivity index (χ3v) is 7.81. The van der Waals surface area contributed by atoms with Crippen LogP contribution in [0, 0.1) is 0 Å². The topological polar surface area (TPSA) is 60.4 Å². The van der Waals surface area contributed by atoms with Crippen molar-refractivity contribution in [2.24, 2.45) is 0 Å². The maximum absolute atomic E-state index is 10.3. The number of hydrogen-bond acceptors (Lipinski definition) is 3. The molecule has 0 aromatic heterocycles. The van der Waals surface area contributed by atoms with Gasteiger partial charge >= 0.3 is 29.6 Å². The molecule has 0 spiro atoms. The maximum atomic E-state index is 10.3. The van der Waals surface area contributed by atoms with Crippen LogP contribution in [-0.4, -0.2) is 17.2 Å². The molecule has 0 radical (unpaired) electrons. The Morgan fingerprint density at radius 2 is 0.730 bits per heavy atom. The summed E-state index contributed by atoms with van der Waals surface area (Å²) in [5, 5.41) is 20.6. The second-order valence-corrected chi connectivity index (χ2v) is 11.5. The number of aliphatic hydroxyl groups is 1. The molecule has 37 heavy (non-hydrogen) atoms. The molecule has 0 saturated carbocycles. The number of carboxylic acids is 1. The van der Waals surface area contributed by atoms with Gasteiger partial charge in [-0.2, -0.15) is 0 Å². The zero-order valence-corrected chi connectivity index (χ0v) is 27.6. The number of carbonyl (C=O) groups excluding carboxylic acids is 1. The first-order valence-electron chi connectivity index (χ1n) is 16.5. The normalized spacial score (nSPS) is 11.9. The van der Waals surface area contributed by atoms with Crippen LogP contribution in [0.4, 0.5) is 0 Å². The standard InChI is InChI=1S/C33H66O3.Na/c1-2-3-4-5-6-7-17-20-23-26-29-32(34)30-27-24-21-18-15-13-11-9-8-10-12-14-16-19-22-25-28-31-33(35)36;/h32,34H,2-31H2,1H3,(H,35,36);/q;+1/p-1. The van der Waals surface area contributed by atoms with E-state index >= 15 is 0 Å². The van der Waals surface area contributed by atoms with Gasteiger partial charge in [-0.05, 0) is 25.7 Å². The van der Waals surface area contributed by atoms with E-state index in [4.69, 9.17) is 0 Å². The van der Waals surface area contributed by atoms with Crippen LogP contribution in [-0.2, 0) is 4.79 Å². The number of carboxylic acid groups (broad SMARTS) is 1. The SMILES string of the molecule is CCCCCCCCCCCCC(O)CCCCCCCCCCCCCCCCCCCC(=O)[O-].[Na+]. The Balaban J connectivity index is 0. The maximum Gasteiger partial charge on any atom is 1.00 e. The number of carbonyl (C=O) groups is 1. The van der Waals surface area contributed by atoms with E-state index in [1.54, 1.807) is 0 Å². The molecule has 1 atom stereocenters. The van der Waals surface area contributed by atoms with Crippen molar-refractivity contribution in [2.75, 3.05) is 0 Å². The first-order chi connectivity index (χ1) is 17.7. The summed E-state index contributed by atoms with van der Waals surface area (Å²) >= 11 is 0. The molecule has 0 aliphatic rings. The molecule has 0 saturated heterocycles. The molecule has 0 aromatic carbocycles. The van der Waals surface area contributed by atoms with Crippen molar-refractivity contribution in [1.29, 1.82) is 0 Å². The van der Waals surface area contributed by atoms with Gasteiger partial charge < -0.3 is 15.0 Å². The smallest absolute Gasteiger partial charge is 0.550 e. The molecule has 0 bridgehead atoms. The Morgan fingerprint density at radius 1 is 0.486 bits per heavy atom. The van der Waals surface area contributed by atoms with Crippen molar-refractivity contribution in [3.63, 3.8) is 0 Å². The van der Waals surface area contributed by atoms with E-state index in [0.717, 1.165) is 25.7 Å². The quantitative estimate of drug-likeness (QED) is 0.0787. The van der Waals surface area contributed by atoms with Gasteiger partial charge in [0.15, 0.2) is 0 Å². The molecule has 1 unspecified atom stereocenters. The van der Waals surface area contributed by atoms with E-state index in [0.29, 0.717) is 0 Å². The molecule has 0 amide bonds. The summed E-state index contributed by atoms with van der Waals surface area (Å²) in [5.41, 5.74) is 0. The minimum atomic E-state index is -0.907. The van der Waals surface area contributed by atoms with Gasteiger partial charge in [0, 0.05) is 5.97 Å². The van der Waals surface area contributed by atoms with Crippen molar-refractivity contribution in [3.05, 3.63) is 0 Å². The van der Waals surface area contributed by atoms with Crippen molar-refractivity contribution < 1.29 is 44.6 Å². The Morgan fingerprint density at radius 3 is 1.00 bits per heavy atom. The molecule has 0 fully saturated rings. The summed E-state index contributed by atoms with van der Waals surface area (Å²) in [5.74, 6) is -0.907. The van der Waals surface area contributed by atoms with Crippen molar-refractivity contribution >= 4 is 5.97 Å². The van der Waals surface area contributed by atoms with Crippen LogP contribution in [0.15, 0.2) is 0 Å². The number of rotatable bonds is 31. The minimum Gasteiger partial charge on any atom is -0.550 e. The Kier molecular flexibility index (Phi) is 36.9. The summed E-state index contributed by atoms with van der Waals surface area (Å²) in [6, 6.07) is 0. The third-order valence-electron chi connectivity index (χ3n) is 7.81. The molecule has 0 heterocycles. The van der Waals surface area contributed by atoms with Crippen LogP contribution >= 0.6 is 0 Å². The summed E-state index contributed by atoms with van der Waals surface area (Å²) in [6.45, 7) is 2.28. The van der Waals surface area contributed by atoms with Crippen molar-refractivity contribution in [3.8, 4) is 0 Å². The predicted octanol–water partition coefficient (Wildman–Crippen LogP) is 6.82. The van der Waals surface area contributed by atoms with E-state index in [1.165, 1.54) is 161 Å². The number of unbranched alkanes of at least 4 members (excludes halogenated alkanes) is 25. The molecule has 4 heteroatoms. The van der Waals surface area contributed by atoms with Crippen LogP contribution in [0.3, 0.4) is 0 Å². The average molecular weight is 533 g/mol. The summed E-state index contributed by atoms with van der Waals surface area (Å²) < 4.78 is 0. The number of hydrogen-bond donors (Lipinski definition) is 1. The van der Waals surface area contributed by atoms with Crippen LogP contribution < -0.4 is 34.7 Å².